The summed E-state index contributed by atoms with van der Waals surface area (Å²) in [4.78, 5) is 6.33. The van der Waals surface area contributed by atoms with E-state index < -0.39 is 0 Å². The summed E-state index contributed by atoms with van der Waals surface area (Å²) in [5, 5.41) is 14.3. The molecule has 2 heterocycles. The maximum Gasteiger partial charge on any atom is 0.205 e. The lowest BCUT2D eigenvalue weighted by atomic mass is 9.63. The minimum Gasteiger partial charge on any atom is -0.487 e. The third-order valence-electron chi connectivity index (χ3n) is 8.40. The van der Waals surface area contributed by atoms with Crippen molar-refractivity contribution < 1.29 is 4.74 Å². The quantitative estimate of drug-likeness (QED) is 0.289. The van der Waals surface area contributed by atoms with Gasteiger partial charge in [-0.25, -0.2) is 4.98 Å². The summed E-state index contributed by atoms with van der Waals surface area (Å²) in [7, 11) is 1.81. The number of hydrogen-bond donors (Lipinski definition) is 0. The number of para-hydroxylation sites is 1. The average Bonchev–Trinajstić information content (AvgIpc) is 3.69. The van der Waals surface area contributed by atoms with Gasteiger partial charge in [0.25, 0.3) is 0 Å². The SMILES string of the molecule is Cn1nnc(-c2ccc(OCc3ccc4ccccc4n3)cc2C2(c3ccccc3)CC3CCC2C3)n1. The van der Waals surface area contributed by atoms with E-state index in [1.54, 1.807) is 0 Å². The van der Waals surface area contributed by atoms with Crippen molar-refractivity contribution in [2.24, 2.45) is 18.9 Å². The highest BCUT2D eigenvalue weighted by Gasteiger charge is 2.53. The molecule has 2 saturated carbocycles. The predicted molar refractivity (Wildman–Crippen MR) is 143 cm³/mol. The fourth-order valence-corrected chi connectivity index (χ4v) is 6.82. The number of hydrogen-bond acceptors (Lipinski definition) is 5. The number of benzene rings is 3. The van der Waals surface area contributed by atoms with Crippen molar-refractivity contribution in [1.29, 1.82) is 0 Å². The second-order valence-electron chi connectivity index (χ2n) is 10.5. The Morgan fingerprint density at radius 3 is 2.59 bits per heavy atom. The number of tetrazole rings is 1. The van der Waals surface area contributed by atoms with E-state index >= 15 is 0 Å². The number of aryl methyl sites for hydroxylation is 1. The number of fused-ring (bicyclic) bond motifs is 3. The maximum atomic E-state index is 6.37. The van der Waals surface area contributed by atoms with Crippen molar-refractivity contribution in [2.75, 3.05) is 0 Å². The van der Waals surface area contributed by atoms with Gasteiger partial charge in [0.15, 0.2) is 0 Å². The Labute approximate surface area is 216 Å². The van der Waals surface area contributed by atoms with Crippen LogP contribution in [-0.2, 0) is 19.1 Å². The zero-order valence-corrected chi connectivity index (χ0v) is 20.9. The van der Waals surface area contributed by atoms with Crippen LogP contribution in [0.15, 0.2) is 84.9 Å². The molecular weight excluding hydrogens is 458 g/mol. The van der Waals surface area contributed by atoms with Crippen LogP contribution in [0, 0.1) is 11.8 Å². The van der Waals surface area contributed by atoms with Gasteiger partial charge in [0.2, 0.25) is 5.82 Å². The normalized spacial score (nSPS) is 22.5. The van der Waals surface area contributed by atoms with E-state index in [1.165, 1.54) is 35.2 Å². The Balaban J connectivity index is 1.31. The van der Waals surface area contributed by atoms with Crippen molar-refractivity contribution in [3.05, 3.63) is 102 Å². The topological polar surface area (TPSA) is 65.7 Å². The molecule has 0 radical (unpaired) electrons. The molecule has 2 aliphatic carbocycles. The third kappa shape index (κ3) is 3.79. The molecular formula is C31H29N5O. The Bertz CT molecular complexity index is 1580. The van der Waals surface area contributed by atoms with Gasteiger partial charge in [-0.2, -0.15) is 4.80 Å². The monoisotopic (exact) mass is 487 g/mol. The van der Waals surface area contributed by atoms with Gasteiger partial charge < -0.3 is 4.74 Å². The van der Waals surface area contributed by atoms with Gasteiger partial charge in [-0.15, -0.1) is 10.2 Å². The molecule has 6 nitrogen and oxygen atoms in total. The zero-order chi connectivity index (χ0) is 24.8. The smallest absolute Gasteiger partial charge is 0.205 e. The second-order valence-corrected chi connectivity index (χ2v) is 10.5. The van der Waals surface area contributed by atoms with Crippen molar-refractivity contribution in [3.63, 3.8) is 0 Å². The molecule has 6 heteroatoms. The zero-order valence-electron chi connectivity index (χ0n) is 20.9. The van der Waals surface area contributed by atoms with E-state index in [1.807, 2.05) is 37.4 Å². The van der Waals surface area contributed by atoms with Crippen LogP contribution in [0.5, 0.6) is 5.75 Å². The van der Waals surface area contributed by atoms with Crippen LogP contribution in [0.1, 0.15) is 42.5 Å². The molecule has 0 saturated heterocycles. The van der Waals surface area contributed by atoms with Crippen LogP contribution in [0.4, 0.5) is 0 Å². The Hall–Kier alpha value is -4.06. The van der Waals surface area contributed by atoms with Crippen LogP contribution in [-0.4, -0.2) is 25.2 Å². The molecule has 7 rings (SSSR count). The van der Waals surface area contributed by atoms with E-state index in [0.29, 0.717) is 18.3 Å². The van der Waals surface area contributed by atoms with Crippen LogP contribution >= 0.6 is 0 Å². The van der Waals surface area contributed by atoms with Crippen molar-refractivity contribution >= 4 is 10.9 Å². The van der Waals surface area contributed by atoms with Gasteiger partial charge in [0.05, 0.1) is 18.3 Å². The Kier molecular flexibility index (Phi) is 5.27. The van der Waals surface area contributed by atoms with Gasteiger partial charge in [-0.1, -0.05) is 61.0 Å². The summed E-state index contributed by atoms with van der Waals surface area (Å²) in [5.41, 5.74) is 5.49. The summed E-state index contributed by atoms with van der Waals surface area (Å²) in [6.07, 6.45) is 4.99. The van der Waals surface area contributed by atoms with Crippen molar-refractivity contribution in [2.45, 2.75) is 37.7 Å². The number of nitrogens with zero attached hydrogens (tertiary/aromatic N) is 5. The molecule has 0 aliphatic heterocycles. The molecule has 3 atom stereocenters. The number of ether oxygens (including phenoxy) is 1. The lowest BCUT2D eigenvalue weighted by Gasteiger charge is -2.40. The molecule has 5 aromatic rings. The van der Waals surface area contributed by atoms with Gasteiger partial charge in [-0.05, 0) is 77.8 Å². The standard InChI is InChI=1S/C31H29N5O/c1-36-34-30(33-35-36)27-16-15-26(37-20-25-14-12-22-7-5-6-10-29(22)32-25)18-28(27)31(23-8-3-2-4-9-23)19-21-11-13-24(31)17-21/h2-10,12,14-16,18,21,24H,11,13,17,19-20H2,1H3. The minimum atomic E-state index is -0.0840. The van der Waals surface area contributed by atoms with Gasteiger partial charge >= 0.3 is 0 Å². The summed E-state index contributed by atoms with van der Waals surface area (Å²) in [5.74, 6) is 2.85. The largest absolute Gasteiger partial charge is 0.487 e. The van der Waals surface area contributed by atoms with E-state index in [9.17, 15) is 0 Å². The Morgan fingerprint density at radius 2 is 1.81 bits per heavy atom. The number of aromatic nitrogens is 5. The number of rotatable bonds is 6. The summed E-state index contributed by atoms with van der Waals surface area (Å²) >= 11 is 0. The average molecular weight is 488 g/mol. The van der Waals surface area contributed by atoms with Crippen LogP contribution in [0.3, 0.4) is 0 Å². The lowest BCUT2D eigenvalue weighted by Crippen LogP contribution is -2.34. The molecule has 3 unspecified atom stereocenters. The highest BCUT2D eigenvalue weighted by atomic mass is 16.5. The van der Waals surface area contributed by atoms with E-state index in [4.69, 9.17) is 9.72 Å². The first kappa shape index (κ1) is 22.2. The fraction of sp³-hybridized carbons (Fsp3) is 0.290. The van der Waals surface area contributed by atoms with Crippen molar-refractivity contribution in [1.82, 2.24) is 25.2 Å². The van der Waals surface area contributed by atoms with Crippen LogP contribution < -0.4 is 4.74 Å². The summed E-state index contributed by atoms with van der Waals surface area (Å²) < 4.78 is 6.37. The predicted octanol–water partition coefficient (Wildman–Crippen LogP) is 6.11. The van der Waals surface area contributed by atoms with Gasteiger partial charge in [0, 0.05) is 16.4 Å². The molecule has 2 fully saturated rings. The molecule has 37 heavy (non-hydrogen) atoms. The maximum absolute atomic E-state index is 6.37. The van der Waals surface area contributed by atoms with E-state index in [0.717, 1.165) is 40.2 Å². The summed E-state index contributed by atoms with van der Waals surface area (Å²) in [6.45, 7) is 0.414. The molecule has 184 valence electrons. The van der Waals surface area contributed by atoms with Crippen molar-refractivity contribution in [3.8, 4) is 17.1 Å². The second kappa shape index (κ2) is 8.80. The van der Waals surface area contributed by atoms with Crippen LogP contribution in [0.25, 0.3) is 22.3 Å². The highest BCUT2D eigenvalue weighted by molar-refractivity contribution is 5.78. The molecule has 2 aliphatic rings. The number of pyridine rings is 1. The first-order chi connectivity index (χ1) is 18.2. The molecule has 2 aromatic heterocycles. The van der Waals surface area contributed by atoms with Gasteiger partial charge in [-0.3, -0.25) is 0 Å². The third-order valence-corrected chi connectivity index (χ3v) is 8.40. The Morgan fingerprint density at radius 1 is 0.946 bits per heavy atom. The molecule has 0 spiro atoms. The fourth-order valence-electron chi connectivity index (χ4n) is 6.82. The highest BCUT2D eigenvalue weighted by Crippen LogP contribution is 2.61. The molecule has 0 N–H and O–H groups in total. The van der Waals surface area contributed by atoms with E-state index in [-0.39, 0.29) is 5.41 Å². The molecule has 3 aromatic carbocycles. The minimum absolute atomic E-state index is 0.0840. The lowest BCUT2D eigenvalue weighted by molar-refractivity contribution is 0.296. The first-order valence-electron chi connectivity index (χ1n) is 13.1. The van der Waals surface area contributed by atoms with Gasteiger partial charge in [0.1, 0.15) is 12.4 Å². The van der Waals surface area contributed by atoms with Crippen LogP contribution in [0.2, 0.25) is 0 Å². The molecule has 2 bridgehead atoms. The first-order valence-corrected chi connectivity index (χ1v) is 13.1. The summed E-state index contributed by atoms with van der Waals surface area (Å²) in [6, 6.07) is 29.7. The molecule has 0 amide bonds. The van der Waals surface area contributed by atoms with E-state index in [2.05, 4.69) is 70.0 Å².